The fourth-order valence-corrected chi connectivity index (χ4v) is 3.11. The summed E-state index contributed by atoms with van der Waals surface area (Å²) in [6, 6.07) is 8.31. The Hall–Kier alpha value is -1.43. The molecule has 108 valence electrons. The molecule has 2 aliphatic rings. The fourth-order valence-electron chi connectivity index (χ4n) is 3.11. The molecule has 1 aromatic carbocycles. The van der Waals surface area contributed by atoms with Crippen LogP contribution in [0.4, 0.5) is 0 Å². The molecule has 5 nitrogen and oxygen atoms in total. The third-order valence-corrected chi connectivity index (χ3v) is 4.32. The second-order valence-corrected chi connectivity index (χ2v) is 5.75. The van der Waals surface area contributed by atoms with E-state index in [1.807, 2.05) is 12.1 Å². The van der Waals surface area contributed by atoms with Gasteiger partial charge in [0.2, 0.25) is 0 Å². The molecule has 5 heteroatoms. The first kappa shape index (κ1) is 13.5. The molecule has 1 aromatic rings. The molecule has 2 heterocycles. The molecule has 3 rings (SSSR count). The van der Waals surface area contributed by atoms with E-state index < -0.39 is 11.5 Å². The number of fused-ring (bicyclic) bond motifs is 1. The average Bonchev–Trinajstić information content (AvgIpc) is 2.82. The van der Waals surface area contributed by atoms with Crippen molar-refractivity contribution < 1.29 is 14.6 Å². The van der Waals surface area contributed by atoms with E-state index >= 15 is 0 Å². The molecular weight excluding hydrogens is 256 g/mol. The maximum atomic E-state index is 11.2. The summed E-state index contributed by atoms with van der Waals surface area (Å²) in [5.74, 6) is -0.912. The van der Waals surface area contributed by atoms with Crippen LogP contribution >= 0.6 is 0 Å². The third kappa shape index (κ3) is 2.44. The number of carboxylic acid groups (broad SMARTS) is 1. The number of carbonyl (C=O) groups is 1. The molecular formula is C15H20N2O3. The van der Waals surface area contributed by atoms with Crippen molar-refractivity contribution in [1.29, 1.82) is 0 Å². The van der Waals surface area contributed by atoms with Gasteiger partial charge in [0.15, 0.2) is 0 Å². The molecule has 2 aliphatic heterocycles. The lowest BCUT2D eigenvalue weighted by Crippen LogP contribution is -2.50. The molecule has 0 bridgehead atoms. The van der Waals surface area contributed by atoms with Gasteiger partial charge in [0, 0.05) is 19.6 Å². The first-order chi connectivity index (χ1) is 9.58. The normalized spacial score (nSPS) is 30.1. The van der Waals surface area contributed by atoms with E-state index in [4.69, 9.17) is 10.5 Å². The summed E-state index contributed by atoms with van der Waals surface area (Å²) in [7, 11) is 0. The average molecular weight is 276 g/mol. The van der Waals surface area contributed by atoms with Crippen LogP contribution < -0.4 is 5.73 Å². The Labute approximate surface area is 118 Å². The Kier molecular flexibility index (Phi) is 3.50. The van der Waals surface area contributed by atoms with Gasteiger partial charge in [-0.15, -0.1) is 0 Å². The van der Waals surface area contributed by atoms with Crippen LogP contribution in [0.5, 0.6) is 0 Å². The van der Waals surface area contributed by atoms with Crippen LogP contribution in [0.3, 0.4) is 0 Å². The van der Waals surface area contributed by atoms with Crippen molar-refractivity contribution in [3.05, 3.63) is 35.4 Å². The van der Waals surface area contributed by atoms with Gasteiger partial charge in [-0.05, 0) is 24.0 Å². The summed E-state index contributed by atoms with van der Waals surface area (Å²) in [5, 5.41) is 9.17. The molecule has 0 spiro atoms. The molecule has 0 amide bonds. The van der Waals surface area contributed by atoms with Gasteiger partial charge in [0.05, 0.1) is 12.7 Å². The van der Waals surface area contributed by atoms with Gasteiger partial charge in [0.1, 0.15) is 5.54 Å². The van der Waals surface area contributed by atoms with E-state index in [0.29, 0.717) is 26.1 Å². The van der Waals surface area contributed by atoms with Crippen LogP contribution in [0.15, 0.2) is 24.3 Å². The third-order valence-electron chi connectivity index (χ3n) is 4.32. The van der Waals surface area contributed by atoms with Gasteiger partial charge < -0.3 is 15.6 Å². The van der Waals surface area contributed by atoms with Gasteiger partial charge >= 0.3 is 5.97 Å². The first-order valence-corrected chi connectivity index (χ1v) is 7.02. The summed E-state index contributed by atoms with van der Waals surface area (Å²) in [4.78, 5) is 13.3. The molecule has 1 fully saturated rings. The summed E-state index contributed by atoms with van der Waals surface area (Å²) in [5.41, 5.74) is 7.37. The SMILES string of the molecule is NC1(C(=O)O)CCN(CC2OCCc3ccccc32)C1. The van der Waals surface area contributed by atoms with E-state index in [2.05, 4.69) is 17.0 Å². The zero-order valence-corrected chi connectivity index (χ0v) is 11.4. The highest BCUT2D eigenvalue weighted by atomic mass is 16.5. The van der Waals surface area contributed by atoms with Gasteiger partial charge in [-0.2, -0.15) is 0 Å². The highest BCUT2D eigenvalue weighted by molar-refractivity contribution is 5.79. The zero-order valence-electron chi connectivity index (χ0n) is 11.4. The lowest BCUT2D eigenvalue weighted by Gasteiger charge is -2.30. The van der Waals surface area contributed by atoms with Crippen LogP contribution in [0, 0.1) is 0 Å². The largest absolute Gasteiger partial charge is 0.480 e. The Morgan fingerprint density at radius 2 is 2.30 bits per heavy atom. The van der Waals surface area contributed by atoms with Crippen LogP contribution in [-0.2, 0) is 16.0 Å². The quantitative estimate of drug-likeness (QED) is 0.853. The Balaban J connectivity index is 1.70. The molecule has 2 atom stereocenters. The van der Waals surface area contributed by atoms with E-state index in [9.17, 15) is 9.90 Å². The van der Waals surface area contributed by atoms with Gasteiger partial charge in [-0.25, -0.2) is 0 Å². The Morgan fingerprint density at radius 1 is 1.50 bits per heavy atom. The van der Waals surface area contributed by atoms with Gasteiger partial charge in [0.25, 0.3) is 0 Å². The number of hydrogen-bond acceptors (Lipinski definition) is 4. The number of nitrogens with two attached hydrogens (primary N) is 1. The van der Waals surface area contributed by atoms with E-state index in [1.165, 1.54) is 11.1 Å². The molecule has 0 radical (unpaired) electrons. The van der Waals surface area contributed by atoms with Crippen molar-refractivity contribution >= 4 is 5.97 Å². The number of ether oxygens (including phenoxy) is 1. The van der Waals surface area contributed by atoms with E-state index in [1.54, 1.807) is 0 Å². The minimum absolute atomic E-state index is 0.0242. The minimum Gasteiger partial charge on any atom is -0.480 e. The monoisotopic (exact) mass is 276 g/mol. The molecule has 0 aromatic heterocycles. The maximum Gasteiger partial charge on any atom is 0.325 e. The predicted octanol–water partition coefficient (Wildman–Crippen LogP) is 0.788. The van der Waals surface area contributed by atoms with Crippen LogP contribution in [-0.4, -0.2) is 47.8 Å². The Bertz CT molecular complexity index is 520. The van der Waals surface area contributed by atoms with Crippen LogP contribution in [0.25, 0.3) is 0 Å². The number of aliphatic carboxylic acids is 1. The van der Waals surface area contributed by atoms with Gasteiger partial charge in [-0.1, -0.05) is 24.3 Å². The van der Waals surface area contributed by atoms with Crippen LogP contribution in [0.1, 0.15) is 23.7 Å². The van der Waals surface area contributed by atoms with Crippen LogP contribution in [0.2, 0.25) is 0 Å². The lowest BCUT2D eigenvalue weighted by atomic mass is 9.97. The molecule has 0 aliphatic carbocycles. The lowest BCUT2D eigenvalue weighted by molar-refractivity contribution is -0.142. The standard InChI is InChI=1S/C15H20N2O3/c16-15(14(18)19)6-7-17(10-15)9-13-12-4-2-1-3-11(12)5-8-20-13/h1-4,13H,5-10,16H2,(H,18,19). The summed E-state index contributed by atoms with van der Waals surface area (Å²) >= 11 is 0. The smallest absolute Gasteiger partial charge is 0.325 e. The zero-order chi connectivity index (χ0) is 14.2. The molecule has 2 unspecified atom stereocenters. The topological polar surface area (TPSA) is 75.8 Å². The fraction of sp³-hybridized carbons (Fsp3) is 0.533. The molecule has 3 N–H and O–H groups in total. The van der Waals surface area contributed by atoms with Crippen molar-refractivity contribution in [2.45, 2.75) is 24.5 Å². The first-order valence-electron chi connectivity index (χ1n) is 7.02. The molecule has 1 saturated heterocycles. The number of rotatable bonds is 3. The molecule has 0 saturated carbocycles. The van der Waals surface area contributed by atoms with Crippen molar-refractivity contribution in [3.8, 4) is 0 Å². The predicted molar refractivity (Wildman–Crippen MR) is 74.5 cm³/mol. The summed E-state index contributed by atoms with van der Waals surface area (Å²) < 4.78 is 5.87. The van der Waals surface area contributed by atoms with Crippen molar-refractivity contribution in [1.82, 2.24) is 4.90 Å². The maximum absolute atomic E-state index is 11.2. The number of carboxylic acids is 1. The van der Waals surface area contributed by atoms with Crippen molar-refractivity contribution in [3.63, 3.8) is 0 Å². The number of nitrogens with zero attached hydrogens (tertiary/aromatic N) is 1. The number of benzene rings is 1. The number of hydrogen-bond donors (Lipinski definition) is 2. The van der Waals surface area contributed by atoms with Crippen molar-refractivity contribution in [2.24, 2.45) is 5.73 Å². The minimum atomic E-state index is -1.10. The highest BCUT2D eigenvalue weighted by Crippen LogP contribution is 2.29. The second-order valence-electron chi connectivity index (χ2n) is 5.75. The Morgan fingerprint density at radius 3 is 3.05 bits per heavy atom. The van der Waals surface area contributed by atoms with Crippen molar-refractivity contribution in [2.75, 3.05) is 26.2 Å². The van der Waals surface area contributed by atoms with Gasteiger partial charge in [-0.3, -0.25) is 9.69 Å². The molecule has 20 heavy (non-hydrogen) atoms. The number of likely N-dealkylation sites (tertiary alicyclic amines) is 1. The summed E-state index contributed by atoms with van der Waals surface area (Å²) in [6.07, 6.45) is 1.47. The van der Waals surface area contributed by atoms with E-state index in [0.717, 1.165) is 13.0 Å². The summed E-state index contributed by atoms with van der Waals surface area (Å²) in [6.45, 7) is 2.54. The van der Waals surface area contributed by atoms with E-state index in [-0.39, 0.29) is 6.10 Å². The highest BCUT2D eigenvalue weighted by Gasteiger charge is 2.42. The second kappa shape index (κ2) is 5.16.